The maximum atomic E-state index is 11.5. The normalized spacial score (nSPS) is 9.94. The molecule has 0 aromatic heterocycles. The second-order valence-corrected chi connectivity index (χ2v) is 4.19. The van der Waals surface area contributed by atoms with Crippen LogP contribution in [-0.4, -0.2) is 18.5 Å². The van der Waals surface area contributed by atoms with Gasteiger partial charge in [-0.05, 0) is 31.9 Å². The summed E-state index contributed by atoms with van der Waals surface area (Å²) in [6, 6.07) is 6.04. The Morgan fingerprint density at radius 2 is 2.00 bits per heavy atom. The molecule has 0 atom stereocenters. The fourth-order valence-corrected chi connectivity index (χ4v) is 1.64. The lowest BCUT2D eigenvalue weighted by Gasteiger charge is -2.08. The van der Waals surface area contributed by atoms with Crippen molar-refractivity contribution < 1.29 is 14.3 Å². The lowest BCUT2D eigenvalue weighted by molar-refractivity contribution is -0.146. The number of hydrogen-bond donors (Lipinski definition) is 1. The third kappa shape index (κ3) is 4.57. The smallest absolute Gasteiger partial charge is 0.315 e. The quantitative estimate of drug-likeness (QED) is 0.640. The zero-order valence-electron chi connectivity index (χ0n) is 11.1. The van der Waals surface area contributed by atoms with E-state index in [-0.39, 0.29) is 12.3 Å². The number of carbonyl (C=O) groups is 2. The van der Waals surface area contributed by atoms with Gasteiger partial charge in [-0.25, -0.2) is 0 Å². The Kier molecular flexibility index (Phi) is 5.36. The van der Waals surface area contributed by atoms with Crippen LogP contribution < -0.4 is 5.32 Å². The molecule has 1 aromatic rings. The molecule has 4 nitrogen and oxygen atoms in total. The molecule has 1 rings (SSSR count). The topological polar surface area (TPSA) is 55.4 Å². The van der Waals surface area contributed by atoms with E-state index in [1.165, 1.54) is 5.56 Å². The van der Waals surface area contributed by atoms with Crippen LogP contribution in [0.2, 0.25) is 0 Å². The number of aryl methyl sites for hydroxylation is 2. The number of nitrogens with one attached hydrogen (secondary N) is 1. The largest absolute Gasteiger partial charge is 0.466 e. The van der Waals surface area contributed by atoms with Crippen molar-refractivity contribution in [3.8, 4) is 0 Å². The Morgan fingerprint density at radius 3 is 2.61 bits per heavy atom. The van der Waals surface area contributed by atoms with E-state index in [0.29, 0.717) is 13.2 Å². The van der Waals surface area contributed by atoms with Gasteiger partial charge in [0.15, 0.2) is 0 Å². The number of benzene rings is 1. The number of ether oxygens (including phenoxy) is 1. The standard InChI is InChI=1S/C14H19NO3/c1-4-18-14(17)8-13(16)15-9-12-6-5-10(2)7-11(12)3/h5-7H,4,8-9H2,1-3H3,(H,15,16). The van der Waals surface area contributed by atoms with Gasteiger partial charge in [-0.3, -0.25) is 9.59 Å². The summed E-state index contributed by atoms with van der Waals surface area (Å²) in [4.78, 5) is 22.6. The molecule has 0 unspecified atom stereocenters. The minimum Gasteiger partial charge on any atom is -0.466 e. The van der Waals surface area contributed by atoms with Gasteiger partial charge < -0.3 is 10.1 Å². The zero-order chi connectivity index (χ0) is 13.5. The van der Waals surface area contributed by atoms with Crippen LogP contribution in [0, 0.1) is 13.8 Å². The average Bonchev–Trinajstić information content (AvgIpc) is 2.28. The Bertz CT molecular complexity index is 441. The molecule has 0 fully saturated rings. The molecule has 0 bridgehead atoms. The molecule has 0 saturated heterocycles. The molecule has 98 valence electrons. The molecule has 0 aliphatic rings. The fourth-order valence-electron chi connectivity index (χ4n) is 1.64. The lowest BCUT2D eigenvalue weighted by Crippen LogP contribution is -2.26. The molecule has 0 aliphatic carbocycles. The van der Waals surface area contributed by atoms with Gasteiger partial charge in [-0.1, -0.05) is 23.8 Å². The number of hydrogen-bond acceptors (Lipinski definition) is 3. The van der Waals surface area contributed by atoms with E-state index in [9.17, 15) is 9.59 Å². The molecule has 0 saturated carbocycles. The summed E-state index contributed by atoms with van der Waals surface area (Å²) in [6.07, 6.45) is -0.223. The van der Waals surface area contributed by atoms with Crippen LogP contribution in [0.1, 0.15) is 30.0 Å². The Balaban J connectivity index is 2.45. The number of carbonyl (C=O) groups excluding carboxylic acids is 2. The molecule has 0 heterocycles. The summed E-state index contributed by atoms with van der Waals surface area (Å²) in [7, 11) is 0. The van der Waals surface area contributed by atoms with E-state index in [1.54, 1.807) is 6.92 Å². The zero-order valence-corrected chi connectivity index (χ0v) is 11.1. The van der Waals surface area contributed by atoms with Crippen molar-refractivity contribution in [2.45, 2.75) is 33.7 Å². The minimum absolute atomic E-state index is 0.223. The monoisotopic (exact) mass is 249 g/mol. The van der Waals surface area contributed by atoms with Crippen LogP contribution in [0.15, 0.2) is 18.2 Å². The predicted octanol–water partition coefficient (Wildman–Crippen LogP) is 1.87. The van der Waals surface area contributed by atoms with E-state index in [1.807, 2.05) is 26.0 Å². The van der Waals surface area contributed by atoms with E-state index in [0.717, 1.165) is 11.1 Å². The summed E-state index contributed by atoms with van der Waals surface area (Å²) >= 11 is 0. The van der Waals surface area contributed by atoms with Gasteiger partial charge in [-0.2, -0.15) is 0 Å². The van der Waals surface area contributed by atoms with Gasteiger partial charge in [0.2, 0.25) is 5.91 Å². The highest BCUT2D eigenvalue weighted by Crippen LogP contribution is 2.10. The third-order valence-corrected chi connectivity index (χ3v) is 2.58. The molecule has 18 heavy (non-hydrogen) atoms. The van der Waals surface area contributed by atoms with Gasteiger partial charge in [0.1, 0.15) is 6.42 Å². The summed E-state index contributed by atoms with van der Waals surface area (Å²) < 4.78 is 4.70. The van der Waals surface area contributed by atoms with E-state index >= 15 is 0 Å². The SMILES string of the molecule is CCOC(=O)CC(=O)NCc1ccc(C)cc1C. The van der Waals surface area contributed by atoms with Crippen LogP contribution in [0.3, 0.4) is 0 Å². The van der Waals surface area contributed by atoms with Crippen LogP contribution in [0.4, 0.5) is 0 Å². The molecular weight excluding hydrogens is 230 g/mol. The van der Waals surface area contributed by atoms with Crippen molar-refractivity contribution in [1.29, 1.82) is 0 Å². The van der Waals surface area contributed by atoms with Crippen LogP contribution in [0.25, 0.3) is 0 Å². The highest BCUT2D eigenvalue weighted by molar-refractivity contribution is 5.94. The van der Waals surface area contributed by atoms with Crippen molar-refractivity contribution in [3.05, 3.63) is 34.9 Å². The lowest BCUT2D eigenvalue weighted by atomic mass is 10.1. The van der Waals surface area contributed by atoms with Gasteiger partial charge in [0.25, 0.3) is 0 Å². The Morgan fingerprint density at radius 1 is 1.28 bits per heavy atom. The second kappa shape index (κ2) is 6.79. The molecule has 0 aliphatic heterocycles. The molecule has 1 N–H and O–H groups in total. The van der Waals surface area contributed by atoms with Crippen LogP contribution >= 0.6 is 0 Å². The molecular formula is C14H19NO3. The van der Waals surface area contributed by atoms with Crippen LogP contribution in [-0.2, 0) is 20.9 Å². The average molecular weight is 249 g/mol. The summed E-state index contributed by atoms with van der Waals surface area (Å²) in [5.41, 5.74) is 3.37. The van der Waals surface area contributed by atoms with Gasteiger partial charge in [0.05, 0.1) is 6.61 Å². The highest BCUT2D eigenvalue weighted by Gasteiger charge is 2.10. The van der Waals surface area contributed by atoms with E-state index in [2.05, 4.69) is 11.4 Å². The maximum Gasteiger partial charge on any atom is 0.315 e. The first-order valence-corrected chi connectivity index (χ1v) is 6.01. The third-order valence-electron chi connectivity index (χ3n) is 2.58. The van der Waals surface area contributed by atoms with Gasteiger partial charge in [-0.15, -0.1) is 0 Å². The first-order chi connectivity index (χ1) is 8.52. The summed E-state index contributed by atoms with van der Waals surface area (Å²) in [6.45, 7) is 6.47. The van der Waals surface area contributed by atoms with Gasteiger partial charge in [0, 0.05) is 6.54 Å². The first kappa shape index (κ1) is 14.2. The Hall–Kier alpha value is -1.84. The number of amides is 1. The molecule has 1 amide bonds. The summed E-state index contributed by atoms with van der Waals surface area (Å²) in [5.74, 6) is -0.802. The molecule has 1 aromatic carbocycles. The predicted molar refractivity (Wildman–Crippen MR) is 69.0 cm³/mol. The molecule has 0 radical (unpaired) electrons. The maximum absolute atomic E-state index is 11.5. The van der Waals surface area contributed by atoms with Crippen molar-refractivity contribution >= 4 is 11.9 Å². The van der Waals surface area contributed by atoms with Crippen LogP contribution in [0.5, 0.6) is 0 Å². The van der Waals surface area contributed by atoms with Crippen molar-refractivity contribution in [3.63, 3.8) is 0 Å². The fraction of sp³-hybridized carbons (Fsp3) is 0.429. The van der Waals surface area contributed by atoms with E-state index in [4.69, 9.17) is 4.74 Å². The van der Waals surface area contributed by atoms with Crippen molar-refractivity contribution in [2.75, 3.05) is 6.61 Å². The van der Waals surface area contributed by atoms with Crippen molar-refractivity contribution in [2.24, 2.45) is 0 Å². The number of esters is 1. The molecule has 4 heteroatoms. The number of rotatable bonds is 5. The van der Waals surface area contributed by atoms with E-state index < -0.39 is 5.97 Å². The second-order valence-electron chi connectivity index (χ2n) is 4.19. The summed E-state index contributed by atoms with van der Waals surface area (Å²) in [5, 5.41) is 2.71. The highest BCUT2D eigenvalue weighted by atomic mass is 16.5. The first-order valence-electron chi connectivity index (χ1n) is 6.01. The minimum atomic E-state index is -0.490. The van der Waals surface area contributed by atoms with Gasteiger partial charge >= 0.3 is 5.97 Å². The van der Waals surface area contributed by atoms with Crippen molar-refractivity contribution in [1.82, 2.24) is 5.32 Å². The molecule has 0 spiro atoms. The Labute approximate surface area is 107 Å².